The Hall–Kier alpha value is -2.96. The quantitative estimate of drug-likeness (QED) is 0.616. The van der Waals surface area contributed by atoms with Crippen LogP contribution in [0.4, 0.5) is 5.82 Å². The number of fused-ring (bicyclic) bond motifs is 1. The van der Waals surface area contributed by atoms with Crippen LogP contribution in [-0.2, 0) is 6.42 Å². The summed E-state index contributed by atoms with van der Waals surface area (Å²) in [7, 11) is 0. The van der Waals surface area contributed by atoms with Crippen LogP contribution < -0.4 is 10.6 Å². The Bertz CT molecular complexity index is 1070. The summed E-state index contributed by atoms with van der Waals surface area (Å²) >= 11 is 0. The van der Waals surface area contributed by atoms with Gasteiger partial charge in [-0.3, -0.25) is 4.79 Å². The Labute approximate surface area is 183 Å². The maximum atomic E-state index is 12.1. The molecule has 6 nitrogen and oxygen atoms in total. The summed E-state index contributed by atoms with van der Waals surface area (Å²) in [5.74, 6) is 0.542. The van der Waals surface area contributed by atoms with Crippen LogP contribution >= 0.6 is 0 Å². The molecule has 0 saturated carbocycles. The molecule has 2 aromatic carbocycles. The lowest BCUT2D eigenvalue weighted by Gasteiger charge is -2.35. The van der Waals surface area contributed by atoms with Gasteiger partial charge in [0.1, 0.15) is 5.82 Å². The third-order valence-corrected chi connectivity index (χ3v) is 6.11. The minimum atomic E-state index is -0.452. The van der Waals surface area contributed by atoms with Gasteiger partial charge in [-0.25, -0.2) is 4.98 Å². The van der Waals surface area contributed by atoms with Crippen molar-refractivity contribution in [3.05, 3.63) is 59.7 Å². The number of aliphatic hydroxyl groups is 1. The highest BCUT2D eigenvalue weighted by Crippen LogP contribution is 2.31. The Morgan fingerprint density at radius 1 is 1.10 bits per heavy atom. The maximum Gasteiger partial charge on any atom is 0.248 e. The number of nitrogens with zero attached hydrogens (tertiary/aromatic N) is 3. The van der Waals surface area contributed by atoms with Crippen molar-refractivity contribution >= 4 is 22.5 Å². The van der Waals surface area contributed by atoms with E-state index in [-0.39, 0.29) is 6.61 Å². The zero-order chi connectivity index (χ0) is 21.8. The molecule has 1 aromatic heterocycles. The number of hydrogen-bond donors (Lipinski definition) is 2. The molecule has 31 heavy (non-hydrogen) atoms. The first-order valence-electron chi connectivity index (χ1n) is 11.0. The van der Waals surface area contributed by atoms with Gasteiger partial charge in [-0.15, -0.1) is 0 Å². The fraction of sp³-hybridized carbons (Fsp3) is 0.360. The van der Waals surface area contributed by atoms with Crippen molar-refractivity contribution in [2.24, 2.45) is 5.73 Å². The Morgan fingerprint density at radius 3 is 2.58 bits per heavy atom. The number of amides is 1. The lowest BCUT2D eigenvalue weighted by molar-refractivity contribution is 0.0999. The van der Waals surface area contributed by atoms with Gasteiger partial charge in [-0.1, -0.05) is 43.3 Å². The molecule has 0 spiro atoms. The number of benzene rings is 2. The van der Waals surface area contributed by atoms with E-state index in [1.807, 2.05) is 24.3 Å². The number of rotatable bonds is 7. The van der Waals surface area contributed by atoms with Gasteiger partial charge in [-0.2, -0.15) is 0 Å². The number of pyridine rings is 1. The molecule has 4 rings (SSSR count). The molecular weight excluding hydrogens is 388 g/mol. The van der Waals surface area contributed by atoms with E-state index in [1.54, 1.807) is 0 Å². The lowest BCUT2D eigenvalue weighted by Crippen LogP contribution is -2.46. The van der Waals surface area contributed by atoms with Gasteiger partial charge in [0, 0.05) is 49.3 Å². The summed E-state index contributed by atoms with van der Waals surface area (Å²) in [6, 6.07) is 16.2. The number of hydrogen-bond acceptors (Lipinski definition) is 5. The summed E-state index contributed by atoms with van der Waals surface area (Å²) in [4.78, 5) is 21.9. The Balaban J connectivity index is 1.76. The summed E-state index contributed by atoms with van der Waals surface area (Å²) in [6.45, 7) is 7.30. The van der Waals surface area contributed by atoms with E-state index in [0.29, 0.717) is 18.4 Å². The van der Waals surface area contributed by atoms with Gasteiger partial charge in [0.05, 0.1) is 5.69 Å². The molecule has 1 fully saturated rings. The van der Waals surface area contributed by atoms with Gasteiger partial charge in [-0.05, 0) is 42.5 Å². The first kappa shape index (κ1) is 21.3. The predicted octanol–water partition coefficient (Wildman–Crippen LogP) is 3.07. The van der Waals surface area contributed by atoms with E-state index in [2.05, 4.69) is 41.0 Å². The second kappa shape index (κ2) is 9.45. The van der Waals surface area contributed by atoms with Crippen molar-refractivity contribution in [3.8, 4) is 11.3 Å². The van der Waals surface area contributed by atoms with E-state index in [9.17, 15) is 4.79 Å². The fourth-order valence-electron chi connectivity index (χ4n) is 4.30. The summed E-state index contributed by atoms with van der Waals surface area (Å²) in [5.41, 5.74) is 8.74. The smallest absolute Gasteiger partial charge is 0.248 e. The van der Waals surface area contributed by atoms with Gasteiger partial charge >= 0.3 is 0 Å². The zero-order valence-corrected chi connectivity index (χ0v) is 18.1. The second-order valence-electron chi connectivity index (χ2n) is 8.04. The molecule has 0 aliphatic carbocycles. The van der Waals surface area contributed by atoms with Crippen molar-refractivity contribution in [1.29, 1.82) is 0 Å². The minimum absolute atomic E-state index is 0.0842. The van der Waals surface area contributed by atoms with E-state index in [4.69, 9.17) is 15.8 Å². The highest BCUT2D eigenvalue weighted by Gasteiger charge is 2.20. The molecular formula is C25H30N4O2. The standard InChI is InChI=1S/C25H30N4O2/c1-2-28-11-13-29(14-12-28)25-21-8-4-3-6-19(21)17-23(27-25)20-10-9-18(7-5-15-30)22(16-20)24(26)31/h3-4,6,8-10,16-17,30H,2,5,7,11-15H2,1H3,(H2,26,31). The van der Waals surface area contributed by atoms with Crippen LogP contribution in [-0.4, -0.2) is 60.2 Å². The summed E-state index contributed by atoms with van der Waals surface area (Å²) < 4.78 is 0. The SMILES string of the molecule is CCN1CCN(c2nc(-c3ccc(CCCO)c(C(N)=O)c3)cc3ccccc23)CC1. The molecule has 3 N–H and O–H groups in total. The molecule has 1 saturated heterocycles. The molecule has 0 atom stereocenters. The highest BCUT2D eigenvalue weighted by molar-refractivity contribution is 5.97. The second-order valence-corrected chi connectivity index (χ2v) is 8.04. The average Bonchev–Trinajstić information content (AvgIpc) is 2.82. The van der Waals surface area contributed by atoms with E-state index < -0.39 is 5.91 Å². The van der Waals surface area contributed by atoms with Crippen molar-refractivity contribution in [1.82, 2.24) is 9.88 Å². The number of aliphatic hydroxyl groups excluding tert-OH is 1. The number of nitrogens with two attached hydrogens (primary N) is 1. The Morgan fingerprint density at radius 2 is 1.87 bits per heavy atom. The Kier molecular flexibility index (Phi) is 6.49. The van der Waals surface area contributed by atoms with Gasteiger partial charge < -0.3 is 20.6 Å². The maximum absolute atomic E-state index is 12.1. The first-order chi connectivity index (χ1) is 15.1. The van der Waals surface area contributed by atoms with Crippen LogP contribution in [0.1, 0.15) is 29.3 Å². The van der Waals surface area contributed by atoms with Crippen LogP contribution in [0.5, 0.6) is 0 Å². The molecule has 162 valence electrons. The van der Waals surface area contributed by atoms with Crippen LogP contribution in [0, 0.1) is 0 Å². The number of aromatic nitrogens is 1. The highest BCUT2D eigenvalue weighted by atomic mass is 16.2. The number of anilines is 1. The molecule has 1 amide bonds. The number of carbonyl (C=O) groups excluding carboxylic acids is 1. The van der Waals surface area contributed by atoms with Gasteiger partial charge in [0.25, 0.3) is 0 Å². The topological polar surface area (TPSA) is 82.7 Å². The normalized spacial score (nSPS) is 14.8. The molecule has 1 aliphatic heterocycles. The van der Waals surface area contributed by atoms with Crippen molar-refractivity contribution in [2.45, 2.75) is 19.8 Å². The van der Waals surface area contributed by atoms with Gasteiger partial charge in [0.2, 0.25) is 5.91 Å². The predicted molar refractivity (Wildman–Crippen MR) is 125 cm³/mol. The number of piperazine rings is 1. The van der Waals surface area contributed by atoms with E-state index in [1.165, 1.54) is 0 Å². The molecule has 2 heterocycles. The number of likely N-dealkylation sites (N-methyl/N-ethyl adjacent to an activating group) is 1. The van der Waals surface area contributed by atoms with Crippen LogP contribution in [0.2, 0.25) is 0 Å². The molecule has 3 aromatic rings. The number of aryl methyl sites for hydroxylation is 1. The number of primary amides is 1. The third kappa shape index (κ3) is 4.55. The molecule has 0 radical (unpaired) electrons. The summed E-state index contributed by atoms with van der Waals surface area (Å²) in [6.07, 6.45) is 1.22. The first-order valence-corrected chi connectivity index (χ1v) is 11.0. The minimum Gasteiger partial charge on any atom is -0.396 e. The number of carbonyl (C=O) groups is 1. The van der Waals surface area contributed by atoms with Gasteiger partial charge in [0.15, 0.2) is 0 Å². The molecule has 0 unspecified atom stereocenters. The summed E-state index contributed by atoms with van der Waals surface area (Å²) in [5, 5.41) is 11.4. The monoisotopic (exact) mass is 418 g/mol. The van der Waals surface area contributed by atoms with E-state index in [0.717, 1.165) is 66.1 Å². The average molecular weight is 419 g/mol. The van der Waals surface area contributed by atoms with Crippen molar-refractivity contribution < 1.29 is 9.90 Å². The molecule has 1 aliphatic rings. The van der Waals surface area contributed by atoms with Crippen molar-refractivity contribution in [2.75, 3.05) is 44.2 Å². The van der Waals surface area contributed by atoms with E-state index >= 15 is 0 Å². The fourth-order valence-corrected chi connectivity index (χ4v) is 4.30. The van der Waals surface area contributed by atoms with Crippen LogP contribution in [0.15, 0.2) is 48.5 Å². The molecule has 6 heteroatoms. The third-order valence-electron chi connectivity index (χ3n) is 6.11. The largest absolute Gasteiger partial charge is 0.396 e. The molecule has 0 bridgehead atoms. The van der Waals surface area contributed by atoms with Crippen LogP contribution in [0.3, 0.4) is 0 Å². The zero-order valence-electron chi connectivity index (χ0n) is 18.1. The lowest BCUT2D eigenvalue weighted by atomic mass is 9.97. The van der Waals surface area contributed by atoms with Crippen molar-refractivity contribution in [3.63, 3.8) is 0 Å². The van der Waals surface area contributed by atoms with Crippen LogP contribution in [0.25, 0.3) is 22.0 Å².